The Morgan fingerprint density at radius 2 is 1.95 bits per heavy atom. The predicted molar refractivity (Wildman–Crippen MR) is 76.1 cm³/mol. The van der Waals surface area contributed by atoms with Crippen LogP contribution in [0.1, 0.15) is 50.1 Å². The van der Waals surface area contributed by atoms with Gasteiger partial charge in [0, 0.05) is 6.04 Å². The zero-order chi connectivity index (χ0) is 15.3. The van der Waals surface area contributed by atoms with Crippen LogP contribution < -0.4 is 10.1 Å². The van der Waals surface area contributed by atoms with E-state index in [4.69, 9.17) is 0 Å². The minimum atomic E-state index is -4.64. The fourth-order valence-corrected chi connectivity index (χ4v) is 3.11. The summed E-state index contributed by atoms with van der Waals surface area (Å²) in [5, 5.41) is 3.22. The summed E-state index contributed by atoms with van der Waals surface area (Å²) < 4.78 is 40.9. The van der Waals surface area contributed by atoms with Crippen LogP contribution in [-0.4, -0.2) is 13.4 Å². The number of hydrogen-bond acceptors (Lipinski definition) is 2. The zero-order valence-corrected chi connectivity index (χ0v) is 12.2. The Morgan fingerprint density at radius 3 is 2.57 bits per heavy atom. The molecule has 118 valence electrons. The molecule has 2 nitrogen and oxygen atoms in total. The third-order valence-electron chi connectivity index (χ3n) is 4.14. The van der Waals surface area contributed by atoms with Gasteiger partial charge in [0.15, 0.2) is 0 Å². The predicted octanol–water partition coefficient (Wildman–Crippen LogP) is 4.82. The molecule has 0 radical (unpaired) electrons. The van der Waals surface area contributed by atoms with Crippen molar-refractivity contribution in [3.8, 4) is 5.75 Å². The summed E-state index contributed by atoms with van der Waals surface area (Å²) in [5.74, 6) is 0.507. The van der Waals surface area contributed by atoms with Crippen LogP contribution in [0.3, 0.4) is 0 Å². The van der Waals surface area contributed by atoms with E-state index in [9.17, 15) is 13.2 Å². The van der Waals surface area contributed by atoms with Gasteiger partial charge in [-0.25, -0.2) is 0 Å². The van der Waals surface area contributed by atoms with Gasteiger partial charge in [-0.1, -0.05) is 44.2 Å². The highest BCUT2D eigenvalue weighted by atomic mass is 19.4. The molecule has 5 heteroatoms. The Labute approximate surface area is 123 Å². The van der Waals surface area contributed by atoms with Crippen LogP contribution in [0.5, 0.6) is 5.75 Å². The molecule has 1 aromatic carbocycles. The van der Waals surface area contributed by atoms with E-state index >= 15 is 0 Å². The van der Waals surface area contributed by atoms with Gasteiger partial charge < -0.3 is 10.1 Å². The summed E-state index contributed by atoms with van der Waals surface area (Å²) in [4.78, 5) is 0. The molecule has 2 rings (SSSR count). The summed E-state index contributed by atoms with van der Waals surface area (Å²) >= 11 is 0. The second-order valence-electron chi connectivity index (χ2n) is 5.70. The summed E-state index contributed by atoms with van der Waals surface area (Å²) in [7, 11) is 1.85. The van der Waals surface area contributed by atoms with Gasteiger partial charge in [0.05, 0.1) is 0 Å². The Morgan fingerprint density at radius 1 is 1.24 bits per heavy atom. The van der Waals surface area contributed by atoms with Crippen LogP contribution in [0.25, 0.3) is 0 Å². The molecule has 1 aliphatic carbocycles. The Balaban J connectivity index is 2.04. The zero-order valence-electron chi connectivity index (χ0n) is 12.2. The molecule has 21 heavy (non-hydrogen) atoms. The van der Waals surface area contributed by atoms with Crippen molar-refractivity contribution in [3.05, 3.63) is 29.8 Å². The Kier molecular flexibility index (Phi) is 5.51. The van der Waals surface area contributed by atoms with Gasteiger partial charge in [0.25, 0.3) is 0 Å². The lowest BCUT2D eigenvalue weighted by molar-refractivity contribution is -0.274. The molecule has 1 N–H and O–H groups in total. The summed E-state index contributed by atoms with van der Waals surface area (Å²) in [5.41, 5.74) is 0.852. The van der Waals surface area contributed by atoms with Gasteiger partial charge in [-0.15, -0.1) is 13.2 Å². The molecular formula is C16H22F3NO. The first kappa shape index (κ1) is 16.1. The maximum absolute atomic E-state index is 12.3. The molecule has 1 atom stereocenters. The van der Waals surface area contributed by atoms with Gasteiger partial charge in [0.1, 0.15) is 5.75 Å². The van der Waals surface area contributed by atoms with E-state index in [-0.39, 0.29) is 11.8 Å². The minimum absolute atomic E-state index is 0.0740. The number of nitrogens with one attached hydrogen (secondary N) is 1. The first-order chi connectivity index (χ1) is 9.98. The van der Waals surface area contributed by atoms with Crippen molar-refractivity contribution >= 4 is 0 Å². The molecule has 0 heterocycles. The Bertz CT molecular complexity index is 441. The van der Waals surface area contributed by atoms with Gasteiger partial charge in [0.2, 0.25) is 0 Å². The SMILES string of the molecule is CNC(CC1CCCCC1)c1cccc(OC(F)(F)F)c1. The average Bonchev–Trinajstić information content (AvgIpc) is 2.44. The molecule has 1 unspecified atom stereocenters. The van der Waals surface area contributed by atoms with E-state index in [1.807, 2.05) is 13.1 Å². The van der Waals surface area contributed by atoms with Crippen molar-refractivity contribution in [1.29, 1.82) is 0 Å². The van der Waals surface area contributed by atoms with Gasteiger partial charge in [-0.2, -0.15) is 0 Å². The van der Waals surface area contributed by atoms with Crippen LogP contribution in [0.15, 0.2) is 24.3 Å². The average molecular weight is 301 g/mol. The van der Waals surface area contributed by atoms with Crippen molar-refractivity contribution in [3.63, 3.8) is 0 Å². The van der Waals surface area contributed by atoms with Crippen molar-refractivity contribution in [2.24, 2.45) is 5.92 Å². The maximum Gasteiger partial charge on any atom is 0.573 e. The first-order valence-corrected chi connectivity index (χ1v) is 7.51. The van der Waals surface area contributed by atoms with Crippen LogP contribution in [0.4, 0.5) is 13.2 Å². The quantitative estimate of drug-likeness (QED) is 0.842. The number of hydrogen-bond donors (Lipinski definition) is 1. The van der Waals surface area contributed by atoms with E-state index in [0.29, 0.717) is 5.92 Å². The third kappa shape index (κ3) is 5.23. The Hall–Kier alpha value is -1.23. The molecule has 1 saturated carbocycles. The molecule has 1 aromatic rings. The monoisotopic (exact) mass is 301 g/mol. The van der Waals surface area contributed by atoms with E-state index < -0.39 is 6.36 Å². The van der Waals surface area contributed by atoms with E-state index in [1.165, 1.54) is 44.2 Å². The lowest BCUT2D eigenvalue weighted by atomic mass is 9.83. The maximum atomic E-state index is 12.3. The van der Waals surface area contributed by atoms with Crippen molar-refractivity contribution in [2.45, 2.75) is 50.9 Å². The third-order valence-corrected chi connectivity index (χ3v) is 4.14. The lowest BCUT2D eigenvalue weighted by Crippen LogP contribution is -2.22. The molecular weight excluding hydrogens is 279 g/mol. The molecule has 1 fully saturated rings. The number of alkyl halides is 3. The number of ether oxygens (including phenoxy) is 1. The highest BCUT2D eigenvalue weighted by Crippen LogP contribution is 2.33. The normalized spacial score (nSPS) is 18.5. The van der Waals surface area contributed by atoms with Crippen LogP contribution in [0, 0.1) is 5.92 Å². The molecule has 0 spiro atoms. The molecule has 0 aromatic heterocycles. The minimum Gasteiger partial charge on any atom is -0.406 e. The molecule has 0 bridgehead atoms. The van der Waals surface area contributed by atoms with E-state index in [1.54, 1.807) is 6.07 Å². The van der Waals surface area contributed by atoms with E-state index in [0.717, 1.165) is 12.0 Å². The summed E-state index contributed by atoms with van der Waals surface area (Å²) in [6, 6.07) is 6.36. The lowest BCUT2D eigenvalue weighted by Gasteiger charge is -2.27. The molecule has 1 aliphatic rings. The largest absolute Gasteiger partial charge is 0.573 e. The molecule has 0 aliphatic heterocycles. The number of benzene rings is 1. The highest BCUT2D eigenvalue weighted by Gasteiger charge is 2.31. The topological polar surface area (TPSA) is 21.3 Å². The highest BCUT2D eigenvalue weighted by molar-refractivity contribution is 5.30. The smallest absolute Gasteiger partial charge is 0.406 e. The van der Waals surface area contributed by atoms with Gasteiger partial charge >= 0.3 is 6.36 Å². The summed E-state index contributed by atoms with van der Waals surface area (Å²) in [6.45, 7) is 0. The van der Waals surface area contributed by atoms with Gasteiger partial charge in [-0.05, 0) is 37.1 Å². The molecule has 0 amide bonds. The molecule has 0 saturated heterocycles. The van der Waals surface area contributed by atoms with Crippen molar-refractivity contribution in [2.75, 3.05) is 7.05 Å². The van der Waals surface area contributed by atoms with Crippen LogP contribution in [0.2, 0.25) is 0 Å². The fourth-order valence-electron chi connectivity index (χ4n) is 3.11. The number of rotatable bonds is 5. The van der Waals surface area contributed by atoms with Crippen molar-refractivity contribution in [1.82, 2.24) is 5.32 Å². The van der Waals surface area contributed by atoms with Crippen LogP contribution in [-0.2, 0) is 0 Å². The second-order valence-corrected chi connectivity index (χ2v) is 5.70. The van der Waals surface area contributed by atoms with Gasteiger partial charge in [-0.3, -0.25) is 0 Å². The fraction of sp³-hybridized carbons (Fsp3) is 0.625. The first-order valence-electron chi connectivity index (χ1n) is 7.51. The van der Waals surface area contributed by atoms with Crippen molar-refractivity contribution < 1.29 is 17.9 Å². The second kappa shape index (κ2) is 7.16. The summed E-state index contributed by atoms with van der Waals surface area (Å²) in [6.07, 6.45) is 2.59. The van der Waals surface area contributed by atoms with E-state index in [2.05, 4.69) is 10.1 Å². The van der Waals surface area contributed by atoms with Crippen LogP contribution >= 0.6 is 0 Å². The standard InChI is InChI=1S/C16H22F3NO/c1-20-15(10-12-6-3-2-4-7-12)13-8-5-9-14(11-13)21-16(17,18)19/h5,8-9,11-12,15,20H,2-4,6-7,10H2,1H3. The number of halogens is 3.